The quantitative estimate of drug-likeness (QED) is 0.732. The highest BCUT2D eigenvalue weighted by atomic mass is 16.5. The first-order valence-electron chi connectivity index (χ1n) is 11.1. The highest BCUT2D eigenvalue weighted by Crippen LogP contribution is 2.48. The lowest BCUT2D eigenvalue weighted by molar-refractivity contribution is -0.0643. The molecule has 1 amide bonds. The highest BCUT2D eigenvalue weighted by Gasteiger charge is 2.44. The Labute approximate surface area is 180 Å². The van der Waals surface area contributed by atoms with E-state index in [-0.39, 0.29) is 11.3 Å². The monoisotopic (exact) mass is 419 g/mol. The summed E-state index contributed by atoms with van der Waals surface area (Å²) in [7, 11) is 5.16. The van der Waals surface area contributed by atoms with Gasteiger partial charge >= 0.3 is 0 Å². The van der Waals surface area contributed by atoms with Crippen LogP contribution in [0.15, 0.2) is 12.1 Å². The van der Waals surface area contributed by atoms with Gasteiger partial charge in [0.2, 0.25) is 11.8 Å². The van der Waals surface area contributed by atoms with Crippen LogP contribution in [0.25, 0.3) is 0 Å². The molecule has 2 aliphatic rings. The third kappa shape index (κ3) is 5.06. The SMILES string of the molecule is CCCN(C)CC1(O)CCC2(CCN(C(=O)c3ccc(OC)nc3OC)CC2)CC1. The molecule has 1 aromatic rings. The maximum atomic E-state index is 13.1. The molecule has 0 radical (unpaired) electrons. The third-order valence-corrected chi connectivity index (χ3v) is 6.99. The second kappa shape index (κ2) is 9.52. The lowest BCUT2D eigenvalue weighted by atomic mass is 9.64. The molecule has 7 heteroatoms. The number of aliphatic hydroxyl groups is 1. The second-order valence-corrected chi connectivity index (χ2v) is 9.16. The number of pyridine rings is 1. The topological polar surface area (TPSA) is 75.1 Å². The minimum atomic E-state index is -0.565. The molecule has 0 aromatic carbocycles. The lowest BCUT2D eigenvalue weighted by Gasteiger charge is -2.49. The van der Waals surface area contributed by atoms with E-state index in [0.717, 1.165) is 71.1 Å². The number of carbonyl (C=O) groups is 1. The van der Waals surface area contributed by atoms with Crippen LogP contribution in [0.5, 0.6) is 11.8 Å². The van der Waals surface area contributed by atoms with Crippen molar-refractivity contribution in [2.75, 3.05) is 47.4 Å². The highest BCUT2D eigenvalue weighted by molar-refractivity contribution is 5.96. The van der Waals surface area contributed by atoms with Gasteiger partial charge in [-0.15, -0.1) is 0 Å². The number of likely N-dealkylation sites (tertiary alicyclic amines) is 1. The van der Waals surface area contributed by atoms with E-state index < -0.39 is 5.60 Å². The fraction of sp³-hybridized carbons (Fsp3) is 0.739. The van der Waals surface area contributed by atoms with Crippen LogP contribution in [0.4, 0.5) is 0 Å². The zero-order chi connectivity index (χ0) is 21.8. The van der Waals surface area contributed by atoms with Crippen molar-refractivity contribution in [3.8, 4) is 11.8 Å². The van der Waals surface area contributed by atoms with Crippen molar-refractivity contribution in [2.45, 2.75) is 57.5 Å². The van der Waals surface area contributed by atoms with Gasteiger partial charge in [0.1, 0.15) is 5.56 Å². The van der Waals surface area contributed by atoms with E-state index in [4.69, 9.17) is 9.47 Å². The molecule has 1 aromatic heterocycles. The number of hydrogen-bond donors (Lipinski definition) is 1. The molecule has 168 valence electrons. The van der Waals surface area contributed by atoms with E-state index in [2.05, 4.69) is 23.9 Å². The average molecular weight is 420 g/mol. The minimum absolute atomic E-state index is 0.0367. The molecule has 3 rings (SSSR count). The minimum Gasteiger partial charge on any atom is -0.481 e. The van der Waals surface area contributed by atoms with E-state index in [0.29, 0.717) is 17.3 Å². The smallest absolute Gasteiger partial charge is 0.259 e. The van der Waals surface area contributed by atoms with Crippen molar-refractivity contribution in [3.63, 3.8) is 0 Å². The molecule has 0 unspecified atom stereocenters. The molecule has 1 aliphatic heterocycles. The summed E-state index contributed by atoms with van der Waals surface area (Å²) in [6.45, 7) is 5.42. The molecular weight excluding hydrogens is 382 g/mol. The summed E-state index contributed by atoms with van der Waals surface area (Å²) in [5.41, 5.74) is 0.171. The van der Waals surface area contributed by atoms with Crippen LogP contribution in [0, 0.1) is 5.41 Å². The van der Waals surface area contributed by atoms with Crippen LogP contribution >= 0.6 is 0 Å². The number of aromatic nitrogens is 1. The van der Waals surface area contributed by atoms with Crippen LogP contribution < -0.4 is 9.47 Å². The Kier molecular flexibility index (Phi) is 7.24. The number of ether oxygens (including phenoxy) is 2. The summed E-state index contributed by atoms with van der Waals surface area (Å²) in [4.78, 5) is 21.4. The third-order valence-electron chi connectivity index (χ3n) is 6.99. The summed E-state index contributed by atoms with van der Waals surface area (Å²) in [5, 5.41) is 11.0. The van der Waals surface area contributed by atoms with Crippen molar-refractivity contribution >= 4 is 5.91 Å². The van der Waals surface area contributed by atoms with Crippen molar-refractivity contribution in [1.82, 2.24) is 14.8 Å². The Hall–Kier alpha value is -1.86. The maximum Gasteiger partial charge on any atom is 0.259 e. The first-order chi connectivity index (χ1) is 14.3. The maximum absolute atomic E-state index is 13.1. The average Bonchev–Trinajstić information content (AvgIpc) is 2.76. The Morgan fingerprint density at radius 1 is 1.13 bits per heavy atom. The fourth-order valence-corrected chi connectivity index (χ4v) is 5.08. The van der Waals surface area contributed by atoms with Gasteiger partial charge in [0.05, 0.1) is 19.8 Å². The molecule has 1 saturated carbocycles. The zero-order valence-corrected chi connectivity index (χ0v) is 18.9. The molecule has 7 nitrogen and oxygen atoms in total. The number of methoxy groups -OCH3 is 2. The largest absolute Gasteiger partial charge is 0.481 e. The predicted octanol–water partition coefficient (Wildman–Crippen LogP) is 2.97. The van der Waals surface area contributed by atoms with Gasteiger partial charge in [0.15, 0.2) is 0 Å². The number of likely N-dealkylation sites (N-methyl/N-ethyl adjacent to an activating group) is 1. The summed E-state index contributed by atoms with van der Waals surface area (Å²) in [5.74, 6) is 0.698. The molecule has 2 heterocycles. The number of nitrogens with zero attached hydrogens (tertiary/aromatic N) is 3. The zero-order valence-electron chi connectivity index (χ0n) is 18.9. The van der Waals surface area contributed by atoms with Gasteiger partial charge < -0.3 is 24.4 Å². The van der Waals surface area contributed by atoms with Crippen LogP contribution in [0.3, 0.4) is 0 Å². The van der Waals surface area contributed by atoms with E-state index in [1.54, 1.807) is 19.2 Å². The predicted molar refractivity (Wildman–Crippen MR) is 116 cm³/mol. The number of hydrogen-bond acceptors (Lipinski definition) is 6. The van der Waals surface area contributed by atoms with E-state index >= 15 is 0 Å². The van der Waals surface area contributed by atoms with Gasteiger partial charge in [0, 0.05) is 25.7 Å². The molecule has 0 bridgehead atoms. The number of amides is 1. The normalized spacial score (nSPS) is 20.4. The van der Waals surface area contributed by atoms with Gasteiger partial charge in [-0.1, -0.05) is 6.92 Å². The Bertz CT molecular complexity index is 721. The summed E-state index contributed by atoms with van der Waals surface area (Å²) in [6.07, 6.45) is 6.88. The van der Waals surface area contributed by atoms with Crippen LogP contribution in [0.2, 0.25) is 0 Å². The standard InChI is InChI=1S/C23H37N3O4/c1-5-14-25(2)17-23(28)10-8-22(9-11-23)12-15-26(16-13-22)21(27)18-6-7-19(29-3)24-20(18)30-4/h6-7,28H,5,8-17H2,1-4H3. The molecule has 2 fully saturated rings. The fourth-order valence-electron chi connectivity index (χ4n) is 5.08. The molecule has 30 heavy (non-hydrogen) atoms. The van der Waals surface area contributed by atoms with Crippen molar-refractivity contribution in [2.24, 2.45) is 5.41 Å². The van der Waals surface area contributed by atoms with Crippen molar-refractivity contribution in [3.05, 3.63) is 17.7 Å². The van der Waals surface area contributed by atoms with Crippen LogP contribution in [0.1, 0.15) is 62.2 Å². The first-order valence-corrected chi connectivity index (χ1v) is 11.1. The molecule has 1 aliphatic carbocycles. The Morgan fingerprint density at radius 2 is 1.80 bits per heavy atom. The van der Waals surface area contributed by atoms with E-state index in [1.807, 2.05) is 4.90 Å². The van der Waals surface area contributed by atoms with E-state index in [9.17, 15) is 9.90 Å². The number of carbonyl (C=O) groups excluding carboxylic acids is 1. The van der Waals surface area contributed by atoms with Crippen molar-refractivity contribution < 1.29 is 19.4 Å². The molecule has 1 N–H and O–H groups in total. The second-order valence-electron chi connectivity index (χ2n) is 9.16. The first kappa shape index (κ1) is 22.8. The summed E-state index contributed by atoms with van der Waals surface area (Å²) in [6, 6.07) is 3.42. The van der Waals surface area contributed by atoms with Crippen LogP contribution in [-0.4, -0.2) is 78.8 Å². The van der Waals surface area contributed by atoms with Gasteiger partial charge in [-0.3, -0.25) is 4.79 Å². The molecule has 1 saturated heterocycles. The molecule has 1 spiro atoms. The van der Waals surface area contributed by atoms with Gasteiger partial charge in [-0.25, -0.2) is 0 Å². The van der Waals surface area contributed by atoms with Crippen LogP contribution in [-0.2, 0) is 0 Å². The molecule has 0 atom stereocenters. The Balaban J connectivity index is 1.57. The summed E-state index contributed by atoms with van der Waals surface area (Å²) < 4.78 is 10.4. The number of piperidine rings is 1. The van der Waals surface area contributed by atoms with E-state index in [1.165, 1.54) is 7.11 Å². The molecular formula is C23H37N3O4. The number of rotatable bonds is 7. The van der Waals surface area contributed by atoms with Crippen molar-refractivity contribution in [1.29, 1.82) is 0 Å². The lowest BCUT2D eigenvalue weighted by Crippen LogP contribution is -2.50. The van der Waals surface area contributed by atoms with Gasteiger partial charge in [-0.2, -0.15) is 4.98 Å². The van der Waals surface area contributed by atoms with Gasteiger partial charge in [-0.05, 0) is 70.0 Å². The Morgan fingerprint density at radius 3 is 2.37 bits per heavy atom. The summed E-state index contributed by atoms with van der Waals surface area (Å²) >= 11 is 0. The van der Waals surface area contributed by atoms with Gasteiger partial charge in [0.25, 0.3) is 5.91 Å².